The molecule has 20 heavy (non-hydrogen) atoms. The molecule has 0 aliphatic rings. The SMILES string of the molecule is CCCNC(Cc1ccccn1)c1c(C)cccc1C. The summed E-state index contributed by atoms with van der Waals surface area (Å²) in [5, 5.41) is 3.68. The highest BCUT2D eigenvalue weighted by molar-refractivity contribution is 5.37. The van der Waals surface area contributed by atoms with Gasteiger partial charge in [-0.05, 0) is 55.6 Å². The zero-order valence-corrected chi connectivity index (χ0v) is 12.7. The molecule has 0 spiro atoms. The highest BCUT2D eigenvalue weighted by Gasteiger charge is 2.16. The van der Waals surface area contributed by atoms with Gasteiger partial charge in [-0.25, -0.2) is 0 Å². The minimum Gasteiger partial charge on any atom is -0.310 e. The van der Waals surface area contributed by atoms with Crippen molar-refractivity contribution in [2.24, 2.45) is 0 Å². The van der Waals surface area contributed by atoms with Crippen molar-refractivity contribution in [2.45, 2.75) is 39.7 Å². The van der Waals surface area contributed by atoms with E-state index in [-0.39, 0.29) is 0 Å². The van der Waals surface area contributed by atoms with Crippen LogP contribution in [-0.2, 0) is 6.42 Å². The topological polar surface area (TPSA) is 24.9 Å². The van der Waals surface area contributed by atoms with Crippen LogP contribution in [-0.4, -0.2) is 11.5 Å². The second-order valence-electron chi connectivity index (χ2n) is 5.34. The minimum absolute atomic E-state index is 0.339. The van der Waals surface area contributed by atoms with Gasteiger partial charge in [0.25, 0.3) is 0 Å². The van der Waals surface area contributed by atoms with Crippen LogP contribution in [0.1, 0.15) is 41.8 Å². The van der Waals surface area contributed by atoms with Crippen LogP contribution in [0.25, 0.3) is 0 Å². The Morgan fingerprint density at radius 1 is 1.05 bits per heavy atom. The van der Waals surface area contributed by atoms with Gasteiger partial charge >= 0.3 is 0 Å². The number of nitrogens with zero attached hydrogens (tertiary/aromatic N) is 1. The van der Waals surface area contributed by atoms with Gasteiger partial charge in [-0.15, -0.1) is 0 Å². The van der Waals surface area contributed by atoms with Crippen LogP contribution in [0.4, 0.5) is 0 Å². The first-order valence-corrected chi connectivity index (χ1v) is 7.41. The van der Waals surface area contributed by atoms with Crippen molar-refractivity contribution in [3.05, 3.63) is 65.0 Å². The quantitative estimate of drug-likeness (QED) is 0.857. The van der Waals surface area contributed by atoms with Crippen molar-refractivity contribution in [1.82, 2.24) is 10.3 Å². The minimum atomic E-state index is 0.339. The number of pyridine rings is 1. The number of aromatic nitrogens is 1. The van der Waals surface area contributed by atoms with Gasteiger partial charge in [0, 0.05) is 24.4 Å². The van der Waals surface area contributed by atoms with Crippen molar-refractivity contribution >= 4 is 0 Å². The van der Waals surface area contributed by atoms with Crippen molar-refractivity contribution in [3.8, 4) is 0 Å². The van der Waals surface area contributed by atoms with Gasteiger partial charge in [0.1, 0.15) is 0 Å². The Hall–Kier alpha value is -1.67. The van der Waals surface area contributed by atoms with Gasteiger partial charge in [-0.2, -0.15) is 0 Å². The van der Waals surface area contributed by atoms with Crippen molar-refractivity contribution in [1.29, 1.82) is 0 Å². The maximum Gasteiger partial charge on any atom is 0.0422 e. The normalized spacial score (nSPS) is 12.3. The molecule has 0 bridgehead atoms. The molecule has 1 heterocycles. The Morgan fingerprint density at radius 3 is 2.40 bits per heavy atom. The van der Waals surface area contributed by atoms with Crippen LogP contribution in [0.5, 0.6) is 0 Å². The summed E-state index contributed by atoms with van der Waals surface area (Å²) in [6.45, 7) is 7.63. The Morgan fingerprint density at radius 2 is 1.80 bits per heavy atom. The van der Waals surface area contributed by atoms with E-state index in [1.54, 1.807) is 0 Å². The average Bonchev–Trinajstić information content (AvgIpc) is 2.45. The number of aryl methyl sites for hydroxylation is 2. The fourth-order valence-corrected chi connectivity index (χ4v) is 2.70. The summed E-state index contributed by atoms with van der Waals surface area (Å²) in [7, 11) is 0. The highest BCUT2D eigenvalue weighted by atomic mass is 14.9. The summed E-state index contributed by atoms with van der Waals surface area (Å²) in [5.74, 6) is 0. The second kappa shape index (κ2) is 7.20. The van der Waals surface area contributed by atoms with E-state index in [9.17, 15) is 0 Å². The van der Waals surface area contributed by atoms with Crippen molar-refractivity contribution in [2.75, 3.05) is 6.54 Å². The molecule has 1 N–H and O–H groups in total. The first-order valence-electron chi connectivity index (χ1n) is 7.41. The number of hydrogen-bond acceptors (Lipinski definition) is 2. The van der Waals surface area contributed by atoms with E-state index >= 15 is 0 Å². The van der Waals surface area contributed by atoms with Gasteiger partial charge in [0.2, 0.25) is 0 Å². The second-order valence-corrected chi connectivity index (χ2v) is 5.34. The molecule has 1 unspecified atom stereocenters. The van der Waals surface area contributed by atoms with Crippen LogP contribution >= 0.6 is 0 Å². The lowest BCUT2D eigenvalue weighted by molar-refractivity contribution is 0.520. The number of hydrogen-bond donors (Lipinski definition) is 1. The van der Waals surface area contributed by atoms with E-state index in [0.717, 1.165) is 25.1 Å². The number of benzene rings is 1. The fraction of sp³-hybridized carbons (Fsp3) is 0.389. The highest BCUT2D eigenvalue weighted by Crippen LogP contribution is 2.24. The molecule has 0 saturated carbocycles. The summed E-state index contributed by atoms with van der Waals surface area (Å²) in [6, 6.07) is 13.0. The smallest absolute Gasteiger partial charge is 0.0422 e. The van der Waals surface area contributed by atoms with E-state index in [0.29, 0.717) is 6.04 Å². The molecule has 0 aliphatic heterocycles. The van der Waals surface area contributed by atoms with Gasteiger partial charge in [-0.3, -0.25) is 4.98 Å². The fourth-order valence-electron chi connectivity index (χ4n) is 2.70. The van der Waals surface area contributed by atoms with Crippen LogP contribution in [0.2, 0.25) is 0 Å². The maximum atomic E-state index is 4.47. The largest absolute Gasteiger partial charge is 0.310 e. The van der Waals surface area contributed by atoms with Crippen LogP contribution in [0, 0.1) is 13.8 Å². The zero-order chi connectivity index (χ0) is 14.4. The summed E-state index contributed by atoms with van der Waals surface area (Å²) in [4.78, 5) is 4.47. The van der Waals surface area contributed by atoms with E-state index < -0.39 is 0 Å². The lowest BCUT2D eigenvalue weighted by Crippen LogP contribution is -2.26. The van der Waals surface area contributed by atoms with Gasteiger partial charge < -0.3 is 5.32 Å². The molecule has 2 aromatic rings. The Balaban J connectivity index is 2.27. The van der Waals surface area contributed by atoms with Gasteiger partial charge in [0.05, 0.1) is 0 Å². The summed E-state index contributed by atoms with van der Waals surface area (Å²) in [6.07, 6.45) is 3.95. The predicted octanol–water partition coefficient (Wildman–Crippen LogP) is 3.98. The first kappa shape index (κ1) is 14.7. The van der Waals surface area contributed by atoms with Crippen LogP contribution in [0.3, 0.4) is 0 Å². The molecule has 0 radical (unpaired) electrons. The Labute approximate surface area is 122 Å². The third kappa shape index (κ3) is 3.67. The molecule has 0 amide bonds. The van der Waals surface area contributed by atoms with E-state index in [2.05, 4.69) is 61.4 Å². The molecular weight excluding hydrogens is 244 g/mol. The number of nitrogens with one attached hydrogen (secondary N) is 1. The predicted molar refractivity (Wildman–Crippen MR) is 84.9 cm³/mol. The molecule has 0 fully saturated rings. The molecule has 0 aliphatic carbocycles. The summed E-state index contributed by atoms with van der Waals surface area (Å²) < 4.78 is 0. The summed E-state index contributed by atoms with van der Waals surface area (Å²) in [5.41, 5.74) is 5.28. The molecule has 2 heteroatoms. The van der Waals surface area contributed by atoms with E-state index in [1.165, 1.54) is 16.7 Å². The number of rotatable bonds is 6. The molecule has 1 aromatic heterocycles. The molecule has 1 atom stereocenters. The van der Waals surface area contributed by atoms with Crippen LogP contribution < -0.4 is 5.32 Å². The first-order chi connectivity index (χ1) is 9.72. The Kier molecular flexibility index (Phi) is 5.31. The summed E-state index contributed by atoms with van der Waals surface area (Å²) >= 11 is 0. The Bertz CT molecular complexity index is 514. The molecule has 106 valence electrons. The maximum absolute atomic E-state index is 4.47. The zero-order valence-electron chi connectivity index (χ0n) is 12.7. The van der Waals surface area contributed by atoms with Crippen LogP contribution in [0.15, 0.2) is 42.6 Å². The van der Waals surface area contributed by atoms with E-state index in [4.69, 9.17) is 0 Å². The monoisotopic (exact) mass is 268 g/mol. The third-order valence-electron chi connectivity index (χ3n) is 3.67. The third-order valence-corrected chi connectivity index (χ3v) is 3.67. The standard InChI is InChI=1S/C18H24N2/c1-4-11-20-17(13-16-10-5-6-12-19-16)18-14(2)8-7-9-15(18)3/h5-10,12,17,20H,4,11,13H2,1-3H3. The lowest BCUT2D eigenvalue weighted by Gasteiger charge is -2.22. The molecule has 2 rings (SSSR count). The molecular formula is C18H24N2. The van der Waals surface area contributed by atoms with Crippen molar-refractivity contribution in [3.63, 3.8) is 0 Å². The average molecular weight is 268 g/mol. The molecule has 0 saturated heterocycles. The van der Waals surface area contributed by atoms with E-state index in [1.807, 2.05) is 12.3 Å². The van der Waals surface area contributed by atoms with Crippen molar-refractivity contribution < 1.29 is 0 Å². The molecule has 1 aromatic carbocycles. The lowest BCUT2D eigenvalue weighted by atomic mass is 9.93. The van der Waals surface area contributed by atoms with Gasteiger partial charge in [0.15, 0.2) is 0 Å². The molecule has 2 nitrogen and oxygen atoms in total. The van der Waals surface area contributed by atoms with Gasteiger partial charge in [-0.1, -0.05) is 31.2 Å².